The molecule has 1 aromatic heterocycles. The van der Waals surface area contributed by atoms with Crippen LogP contribution < -0.4 is 0 Å². The molecule has 0 saturated heterocycles. The van der Waals surface area contributed by atoms with Gasteiger partial charge in [0, 0.05) is 19.6 Å². The van der Waals surface area contributed by atoms with Crippen molar-refractivity contribution >= 4 is 0 Å². The number of aromatic nitrogens is 2. The summed E-state index contributed by atoms with van der Waals surface area (Å²) in [5, 5.41) is 22.5. The Hall–Kier alpha value is -2.08. The van der Waals surface area contributed by atoms with Gasteiger partial charge in [0.1, 0.15) is 11.5 Å². The Morgan fingerprint density at radius 2 is 2.18 bits per heavy atom. The minimum Gasteiger partial charge on any atom is -0.508 e. The second-order valence-corrected chi connectivity index (χ2v) is 3.46. The molecule has 6 heteroatoms. The summed E-state index contributed by atoms with van der Waals surface area (Å²) >= 11 is 0. The molecule has 90 valence electrons. The molecule has 0 fully saturated rings. The van der Waals surface area contributed by atoms with Crippen LogP contribution in [0.15, 0.2) is 22.7 Å². The Kier molecular flexibility index (Phi) is 3.24. The van der Waals surface area contributed by atoms with Crippen LogP contribution >= 0.6 is 0 Å². The summed E-state index contributed by atoms with van der Waals surface area (Å²) in [5.41, 5.74) is 0.388. The van der Waals surface area contributed by atoms with Gasteiger partial charge in [0.05, 0.1) is 12.2 Å². The van der Waals surface area contributed by atoms with E-state index in [1.165, 1.54) is 18.2 Å². The standard InChI is InChI=1S/C11H12N2O4/c1-16-5-4-10-12-11(17-13-10)8-3-2-7(14)6-9(8)15/h2-3,6,14-15H,4-5H2,1H3. The van der Waals surface area contributed by atoms with Gasteiger partial charge in [0.2, 0.25) is 0 Å². The maximum absolute atomic E-state index is 9.62. The van der Waals surface area contributed by atoms with Crippen LogP contribution in [0, 0.1) is 0 Å². The van der Waals surface area contributed by atoms with Gasteiger partial charge in [0.15, 0.2) is 5.82 Å². The van der Waals surface area contributed by atoms with Crippen molar-refractivity contribution in [2.24, 2.45) is 0 Å². The molecular weight excluding hydrogens is 224 g/mol. The molecule has 0 bridgehead atoms. The van der Waals surface area contributed by atoms with Crippen molar-refractivity contribution in [3.05, 3.63) is 24.0 Å². The fourth-order valence-corrected chi connectivity index (χ4v) is 1.36. The quantitative estimate of drug-likeness (QED) is 0.832. The molecule has 0 radical (unpaired) electrons. The summed E-state index contributed by atoms with van der Waals surface area (Å²) in [6.07, 6.45) is 0.541. The topological polar surface area (TPSA) is 88.6 Å². The predicted octanol–water partition coefficient (Wildman–Crippen LogP) is 1.34. The van der Waals surface area contributed by atoms with Gasteiger partial charge in [-0.05, 0) is 12.1 Å². The van der Waals surface area contributed by atoms with Gasteiger partial charge in [0.25, 0.3) is 5.89 Å². The third kappa shape index (κ3) is 2.54. The van der Waals surface area contributed by atoms with E-state index in [0.717, 1.165) is 0 Å². The van der Waals surface area contributed by atoms with E-state index in [2.05, 4.69) is 10.1 Å². The highest BCUT2D eigenvalue weighted by molar-refractivity contribution is 5.63. The molecule has 2 N–H and O–H groups in total. The summed E-state index contributed by atoms with van der Waals surface area (Å²) in [6.45, 7) is 0.501. The number of hydrogen-bond donors (Lipinski definition) is 2. The molecule has 0 aliphatic carbocycles. The molecule has 1 aromatic carbocycles. The molecule has 0 amide bonds. The fourth-order valence-electron chi connectivity index (χ4n) is 1.36. The zero-order chi connectivity index (χ0) is 12.3. The van der Waals surface area contributed by atoms with E-state index >= 15 is 0 Å². The molecular formula is C11H12N2O4. The van der Waals surface area contributed by atoms with E-state index in [1.807, 2.05) is 0 Å². The van der Waals surface area contributed by atoms with Crippen molar-refractivity contribution in [1.82, 2.24) is 10.1 Å². The lowest BCUT2D eigenvalue weighted by Gasteiger charge is -1.99. The predicted molar refractivity (Wildman–Crippen MR) is 58.6 cm³/mol. The Morgan fingerprint density at radius 3 is 2.88 bits per heavy atom. The zero-order valence-corrected chi connectivity index (χ0v) is 9.25. The number of benzene rings is 1. The third-order valence-corrected chi connectivity index (χ3v) is 2.21. The maximum atomic E-state index is 9.62. The van der Waals surface area contributed by atoms with E-state index < -0.39 is 0 Å². The normalized spacial score (nSPS) is 10.6. The van der Waals surface area contributed by atoms with Gasteiger partial charge in [-0.2, -0.15) is 4.98 Å². The maximum Gasteiger partial charge on any atom is 0.261 e. The molecule has 0 atom stereocenters. The van der Waals surface area contributed by atoms with Crippen LogP contribution in [0.25, 0.3) is 11.5 Å². The van der Waals surface area contributed by atoms with Crippen molar-refractivity contribution in [2.45, 2.75) is 6.42 Å². The Morgan fingerprint density at radius 1 is 1.35 bits per heavy atom. The van der Waals surface area contributed by atoms with E-state index in [9.17, 15) is 5.11 Å². The van der Waals surface area contributed by atoms with Crippen LogP contribution in [0.5, 0.6) is 11.5 Å². The van der Waals surface area contributed by atoms with Crippen LogP contribution in [0.2, 0.25) is 0 Å². The first-order valence-corrected chi connectivity index (χ1v) is 5.04. The van der Waals surface area contributed by atoms with Crippen LogP contribution in [-0.2, 0) is 11.2 Å². The molecule has 17 heavy (non-hydrogen) atoms. The van der Waals surface area contributed by atoms with Crippen molar-refractivity contribution in [3.8, 4) is 23.0 Å². The van der Waals surface area contributed by atoms with Gasteiger partial charge in [-0.15, -0.1) is 0 Å². The van der Waals surface area contributed by atoms with Gasteiger partial charge >= 0.3 is 0 Å². The van der Waals surface area contributed by atoms with Crippen molar-refractivity contribution in [2.75, 3.05) is 13.7 Å². The van der Waals surface area contributed by atoms with E-state index in [1.54, 1.807) is 7.11 Å². The Bertz CT molecular complexity index is 510. The van der Waals surface area contributed by atoms with E-state index in [4.69, 9.17) is 14.4 Å². The Labute approximate surface area is 97.5 Å². The first-order chi connectivity index (χ1) is 8.20. The monoisotopic (exact) mass is 236 g/mol. The number of phenols is 2. The van der Waals surface area contributed by atoms with Crippen LogP contribution in [0.3, 0.4) is 0 Å². The van der Waals surface area contributed by atoms with Gasteiger partial charge in [-0.1, -0.05) is 5.16 Å². The number of methoxy groups -OCH3 is 1. The highest BCUT2D eigenvalue weighted by Gasteiger charge is 2.13. The first kappa shape index (κ1) is 11.4. The number of aromatic hydroxyl groups is 2. The summed E-state index contributed by atoms with van der Waals surface area (Å²) in [7, 11) is 1.59. The first-order valence-electron chi connectivity index (χ1n) is 5.04. The highest BCUT2D eigenvalue weighted by atomic mass is 16.5. The van der Waals surface area contributed by atoms with Crippen LogP contribution in [0.4, 0.5) is 0 Å². The molecule has 2 aromatic rings. The van der Waals surface area contributed by atoms with Gasteiger partial charge < -0.3 is 19.5 Å². The summed E-state index contributed by atoms with van der Waals surface area (Å²) in [6, 6.07) is 4.17. The average molecular weight is 236 g/mol. The molecule has 0 spiro atoms. The summed E-state index contributed by atoms with van der Waals surface area (Å²) < 4.78 is 9.91. The lowest BCUT2D eigenvalue weighted by atomic mass is 10.2. The molecule has 6 nitrogen and oxygen atoms in total. The Balaban J connectivity index is 2.24. The smallest absolute Gasteiger partial charge is 0.261 e. The third-order valence-electron chi connectivity index (χ3n) is 2.21. The largest absolute Gasteiger partial charge is 0.508 e. The summed E-state index contributed by atoms with van der Waals surface area (Å²) in [4.78, 5) is 4.11. The highest BCUT2D eigenvalue weighted by Crippen LogP contribution is 2.30. The van der Waals surface area contributed by atoms with E-state index in [0.29, 0.717) is 24.4 Å². The molecule has 0 aliphatic heterocycles. The summed E-state index contributed by atoms with van der Waals surface area (Å²) in [5.74, 6) is 0.597. The van der Waals surface area contributed by atoms with Crippen molar-refractivity contribution in [1.29, 1.82) is 0 Å². The zero-order valence-electron chi connectivity index (χ0n) is 9.25. The second-order valence-electron chi connectivity index (χ2n) is 3.46. The number of nitrogens with zero attached hydrogens (tertiary/aromatic N) is 2. The van der Waals surface area contributed by atoms with E-state index in [-0.39, 0.29) is 17.4 Å². The molecule has 0 aliphatic rings. The van der Waals surface area contributed by atoms with Gasteiger partial charge in [-0.3, -0.25) is 0 Å². The molecule has 0 saturated carbocycles. The SMILES string of the molecule is COCCc1noc(-c2ccc(O)cc2O)n1. The van der Waals surface area contributed by atoms with Gasteiger partial charge in [-0.25, -0.2) is 0 Å². The lowest BCUT2D eigenvalue weighted by Crippen LogP contribution is -1.96. The van der Waals surface area contributed by atoms with Crippen molar-refractivity contribution < 1.29 is 19.5 Å². The minimum absolute atomic E-state index is 0.0228. The number of phenolic OH excluding ortho intramolecular Hbond substituents is 2. The minimum atomic E-state index is -0.105. The lowest BCUT2D eigenvalue weighted by molar-refractivity contribution is 0.199. The number of ether oxygens (including phenoxy) is 1. The fraction of sp³-hybridized carbons (Fsp3) is 0.273. The molecule has 2 rings (SSSR count). The van der Waals surface area contributed by atoms with Crippen molar-refractivity contribution in [3.63, 3.8) is 0 Å². The number of hydrogen-bond acceptors (Lipinski definition) is 6. The van der Waals surface area contributed by atoms with Crippen LogP contribution in [-0.4, -0.2) is 34.1 Å². The second kappa shape index (κ2) is 4.84. The number of rotatable bonds is 4. The molecule has 1 heterocycles. The average Bonchev–Trinajstić information content (AvgIpc) is 2.75. The molecule has 0 unspecified atom stereocenters. The van der Waals surface area contributed by atoms with Crippen LogP contribution in [0.1, 0.15) is 5.82 Å².